The predicted octanol–water partition coefficient (Wildman–Crippen LogP) is 2.68. The Morgan fingerprint density at radius 3 is 2.18 bits per heavy atom. The van der Waals surface area contributed by atoms with E-state index in [1.54, 1.807) is 26.0 Å². The SMILES string of the molecule is CC(C)NS(=O)(=O)c1ccc(NC(=O)[C@H](C)[NH2+][C@@H](C)c2ccccc2Cl)cc1. The summed E-state index contributed by atoms with van der Waals surface area (Å²) in [6, 6.07) is 13.1. The first kappa shape index (κ1) is 22.4. The number of rotatable bonds is 8. The maximum absolute atomic E-state index is 12.5. The number of hydrogen-bond acceptors (Lipinski definition) is 3. The fraction of sp³-hybridized carbons (Fsp3) is 0.350. The van der Waals surface area contributed by atoms with Crippen molar-refractivity contribution in [2.24, 2.45) is 0 Å². The lowest BCUT2D eigenvalue weighted by molar-refractivity contribution is -0.709. The van der Waals surface area contributed by atoms with Crippen molar-refractivity contribution in [2.45, 2.75) is 50.7 Å². The number of nitrogens with two attached hydrogens (primary N) is 1. The first-order valence-corrected chi connectivity index (χ1v) is 11.0. The molecule has 0 aliphatic carbocycles. The zero-order chi connectivity index (χ0) is 20.9. The van der Waals surface area contributed by atoms with Gasteiger partial charge in [-0.3, -0.25) is 4.79 Å². The van der Waals surface area contributed by atoms with Gasteiger partial charge in [0.1, 0.15) is 6.04 Å². The van der Waals surface area contributed by atoms with Crippen LogP contribution in [-0.4, -0.2) is 26.4 Å². The second-order valence-corrected chi connectivity index (χ2v) is 9.20. The topological polar surface area (TPSA) is 91.9 Å². The Labute approximate surface area is 171 Å². The molecular weight excluding hydrogens is 398 g/mol. The molecule has 0 saturated carbocycles. The average molecular weight is 425 g/mol. The van der Waals surface area contributed by atoms with Gasteiger partial charge in [-0.25, -0.2) is 13.1 Å². The van der Waals surface area contributed by atoms with E-state index in [1.165, 1.54) is 12.1 Å². The number of amides is 1. The van der Waals surface area contributed by atoms with Crippen LogP contribution in [0.1, 0.15) is 39.3 Å². The Kier molecular flexibility index (Phi) is 7.60. The van der Waals surface area contributed by atoms with E-state index >= 15 is 0 Å². The summed E-state index contributed by atoms with van der Waals surface area (Å²) in [5, 5.41) is 5.42. The molecule has 152 valence electrons. The van der Waals surface area contributed by atoms with Crippen LogP contribution in [0.25, 0.3) is 0 Å². The van der Waals surface area contributed by atoms with Gasteiger partial charge in [-0.1, -0.05) is 29.8 Å². The lowest BCUT2D eigenvalue weighted by Gasteiger charge is -2.18. The molecule has 0 unspecified atom stereocenters. The maximum atomic E-state index is 12.5. The Morgan fingerprint density at radius 1 is 1.00 bits per heavy atom. The number of quaternary nitrogens is 1. The minimum Gasteiger partial charge on any atom is -0.330 e. The van der Waals surface area contributed by atoms with Crippen LogP contribution in [0.15, 0.2) is 53.4 Å². The number of halogens is 1. The molecule has 2 rings (SSSR count). The van der Waals surface area contributed by atoms with Gasteiger partial charge in [0, 0.05) is 22.3 Å². The monoisotopic (exact) mass is 424 g/mol. The van der Waals surface area contributed by atoms with Crippen LogP contribution in [0, 0.1) is 0 Å². The van der Waals surface area contributed by atoms with Gasteiger partial charge in [0.2, 0.25) is 10.0 Å². The molecular formula is C20H27ClN3O3S+. The number of benzene rings is 2. The molecule has 1 amide bonds. The van der Waals surface area contributed by atoms with E-state index in [4.69, 9.17) is 11.6 Å². The first-order chi connectivity index (χ1) is 13.1. The van der Waals surface area contributed by atoms with Crippen molar-refractivity contribution in [1.29, 1.82) is 0 Å². The normalized spacial score (nSPS) is 13.9. The van der Waals surface area contributed by atoms with Crippen molar-refractivity contribution >= 4 is 33.2 Å². The summed E-state index contributed by atoms with van der Waals surface area (Å²) in [5.74, 6) is -0.171. The molecule has 0 heterocycles. The molecule has 6 nitrogen and oxygen atoms in total. The van der Waals surface area contributed by atoms with Gasteiger partial charge in [0.25, 0.3) is 5.91 Å². The Hall–Kier alpha value is -1.93. The lowest BCUT2D eigenvalue weighted by Crippen LogP contribution is -2.91. The molecule has 0 spiro atoms. The Bertz CT molecular complexity index is 915. The molecule has 0 aliphatic rings. The van der Waals surface area contributed by atoms with E-state index in [1.807, 2.05) is 43.4 Å². The zero-order valence-corrected chi connectivity index (χ0v) is 18.0. The van der Waals surface area contributed by atoms with E-state index < -0.39 is 10.0 Å². The third-order valence-electron chi connectivity index (χ3n) is 4.21. The van der Waals surface area contributed by atoms with Crippen LogP contribution in [0.3, 0.4) is 0 Å². The molecule has 0 saturated heterocycles. The van der Waals surface area contributed by atoms with Crippen molar-refractivity contribution in [3.05, 3.63) is 59.1 Å². The standard InChI is InChI=1S/C20H26ClN3O3S/c1-13(2)24-28(26,27)17-11-9-16(10-12-17)23-20(25)15(4)22-14(3)18-7-5-6-8-19(18)21/h5-15,22,24H,1-4H3,(H,23,25)/p+1/t14-,15-/m0/s1. The third kappa shape index (κ3) is 6.04. The molecule has 0 aliphatic heterocycles. The molecule has 2 aromatic carbocycles. The molecule has 2 atom stereocenters. The molecule has 0 aromatic heterocycles. The molecule has 28 heavy (non-hydrogen) atoms. The summed E-state index contributed by atoms with van der Waals surface area (Å²) in [7, 11) is -3.55. The van der Waals surface area contributed by atoms with E-state index in [9.17, 15) is 13.2 Å². The second kappa shape index (κ2) is 9.52. The fourth-order valence-electron chi connectivity index (χ4n) is 2.82. The van der Waals surface area contributed by atoms with Gasteiger partial charge in [-0.15, -0.1) is 0 Å². The van der Waals surface area contributed by atoms with E-state index in [2.05, 4.69) is 10.0 Å². The summed E-state index contributed by atoms with van der Waals surface area (Å²) in [6.07, 6.45) is 0. The number of carbonyl (C=O) groups is 1. The van der Waals surface area contributed by atoms with Crippen LogP contribution >= 0.6 is 11.6 Å². The number of carbonyl (C=O) groups excluding carboxylic acids is 1. The molecule has 0 bridgehead atoms. The van der Waals surface area contributed by atoms with E-state index in [0.717, 1.165) is 5.56 Å². The van der Waals surface area contributed by atoms with Gasteiger partial charge in [0.15, 0.2) is 6.04 Å². The average Bonchev–Trinajstić information content (AvgIpc) is 2.61. The summed E-state index contributed by atoms with van der Waals surface area (Å²) in [6.45, 7) is 7.32. The molecule has 0 fully saturated rings. The highest BCUT2D eigenvalue weighted by Crippen LogP contribution is 2.20. The van der Waals surface area contributed by atoms with Crippen molar-refractivity contribution < 1.29 is 18.5 Å². The molecule has 8 heteroatoms. The highest BCUT2D eigenvalue weighted by atomic mass is 35.5. The number of hydrogen-bond donors (Lipinski definition) is 3. The summed E-state index contributed by atoms with van der Waals surface area (Å²) < 4.78 is 26.8. The van der Waals surface area contributed by atoms with Crippen LogP contribution in [-0.2, 0) is 14.8 Å². The highest BCUT2D eigenvalue weighted by Gasteiger charge is 2.22. The summed E-state index contributed by atoms with van der Waals surface area (Å²) >= 11 is 6.22. The van der Waals surface area contributed by atoms with Gasteiger partial charge in [-0.2, -0.15) is 0 Å². The minimum atomic E-state index is -3.55. The van der Waals surface area contributed by atoms with Gasteiger partial charge < -0.3 is 10.6 Å². The van der Waals surface area contributed by atoms with Gasteiger partial charge in [0.05, 0.1) is 4.90 Å². The molecule has 4 N–H and O–H groups in total. The molecule has 0 radical (unpaired) electrons. The quantitative estimate of drug-likeness (QED) is 0.608. The van der Waals surface area contributed by atoms with Crippen LogP contribution in [0.4, 0.5) is 5.69 Å². The fourth-order valence-corrected chi connectivity index (χ4v) is 4.38. The van der Waals surface area contributed by atoms with Crippen LogP contribution in [0.5, 0.6) is 0 Å². The van der Waals surface area contributed by atoms with Crippen molar-refractivity contribution in [3.63, 3.8) is 0 Å². The van der Waals surface area contributed by atoms with Crippen molar-refractivity contribution in [1.82, 2.24) is 4.72 Å². The third-order valence-corrected chi connectivity index (χ3v) is 6.23. The van der Waals surface area contributed by atoms with Crippen LogP contribution in [0.2, 0.25) is 5.02 Å². The second-order valence-electron chi connectivity index (χ2n) is 7.08. The van der Waals surface area contributed by atoms with Gasteiger partial charge >= 0.3 is 0 Å². The lowest BCUT2D eigenvalue weighted by atomic mass is 10.1. The molecule has 2 aromatic rings. The minimum absolute atomic E-state index is 0.0177. The largest absolute Gasteiger partial charge is 0.330 e. The number of sulfonamides is 1. The predicted molar refractivity (Wildman–Crippen MR) is 112 cm³/mol. The first-order valence-electron chi connectivity index (χ1n) is 9.13. The summed E-state index contributed by atoms with van der Waals surface area (Å²) in [5.41, 5.74) is 1.51. The smallest absolute Gasteiger partial charge is 0.282 e. The maximum Gasteiger partial charge on any atom is 0.282 e. The van der Waals surface area contributed by atoms with Crippen molar-refractivity contribution in [2.75, 3.05) is 5.32 Å². The zero-order valence-electron chi connectivity index (χ0n) is 16.4. The Morgan fingerprint density at radius 2 is 1.61 bits per heavy atom. The Balaban J connectivity index is 1.99. The van der Waals surface area contributed by atoms with E-state index in [-0.39, 0.29) is 28.9 Å². The highest BCUT2D eigenvalue weighted by molar-refractivity contribution is 7.89. The van der Waals surface area contributed by atoms with Gasteiger partial charge in [-0.05, 0) is 58.0 Å². The van der Waals surface area contributed by atoms with Crippen LogP contribution < -0.4 is 15.4 Å². The summed E-state index contributed by atoms with van der Waals surface area (Å²) in [4.78, 5) is 12.6. The van der Waals surface area contributed by atoms with Crippen molar-refractivity contribution in [3.8, 4) is 0 Å². The number of anilines is 1. The number of nitrogens with one attached hydrogen (secondary N) is 2. The van der Waals surface area contributed by atoms with E-state index in [0.29, 0.717) is 10.7 Å².